The van der Waals surface area contributed by atoms with Crippen LogP contribution in [0.25, 0.3) is 0 Å². The molecule has 0 unspecified atom stereocenters. The van der Waals surface area contributed by atoms with E-state index in [2.05, 4.69) is 0 Å². The van der Waals surface area contributed by atoms with Crippen molar-refractivity contribution in [3.8, 4) is 0 Å². The van der Waals surface area contributed by atoms with Crippen LogP contribution in [0.4, 0.5) is 8.78 Å². The topological polar surface area (TPSA) is 17.1 Å². The fraction of sp³-hybridized carbons (Fsp3) is 0.222. The zero-order chi connectivity index (χ0) is 10.0. The lowest BCUT2D eigenvalue weighted by Gasteiger charge is -2.06. The highest BCUT2D eigenvalue weighted by atomic mass is 35.5. The van der Waals surface area contributed by atoms with Crippen molar-refractivity contribution >= 4 is 17.4 Å². The Morgan fingerprint density at radius 1 is 1.46 bits per heavy atom. The van der Waals surface area contributed by atoms with Crippen molar-refractivity contribution in [2.45, 2.75) is 13.3 Å². The first-order valence-corrected chi connectivity index (χ1v) is 3.99. The van der Waals surface area contributed by atoms with Gasteiger partial charge in [-0.05, 0) is 13.0 Å². The van der Waals surface area contributed by atoms with E-state index in [-0.39, 0.29) is 16.1 Å². The lowest BCUT2D eigenvalue weighted by atomic mass is 10.0. The number of carbonyl (C=O) groups excluding carboxylic acids is 1. The largest absolute Gasteiger partial charge is 0.294 e. The summed E-state index contributed by atoms with van der Waals surface area (Å²) < 4.78 is 24.7. The van der Waals surface area contributed by atoms with Gasteiger partial charge in [-0.15, -0.1) is 0 Å². The lowest BCUT2D eigenvalue weighted by Crippen LogP contribution is -2.00. The standard InChI is InChI=1S/C9H7ClF2O/c1-5(13)8-6(9(11)12)3-2-4-7(8)10/h2-4,9H,1H3. The molecule has 0 spiro atoms. The van der Waals surface area contributed by atoms with Gasteiger partial charge in [0, 0.05) is 11.1 Å². The van der Waals surface area contributed by atoms with Gasteiger partial charge in [0.25, 0.3) is 6.43 Å². The molecule has 70 valence electrons. The first kappa shape index (κ1) is 10.1. The van der Waals surface area contributed by atoms with Gasteiger partial charge in [0.1, 0.15) is 0 Å². The molecule has 13 heavy (non-hydrogen) atoms. The molecule has 0 aromatic heterocycles. The third-order valence-electron chi connectivity index (χ3n) is 1.63. The summed E-state index contributed by atoms with van der Waals surface area (Å²) in [6, 6.07) is 4.02. The molecule has 0 aliphatic heterocycles. The molecule has 0 atom stereocenters. The van der Waals surface area contributed by atoms with Crippen molar-refractivity contribution in [1.82, 2.24) is 0 Å². The molecule has 1 rings (SSSR count). The number of Topliss-reactive ketones (excluding diaryl/α,β-unsaturated/α-hetero) is 1. The minimum Gasteiger partial charge on any atom is -0.294 e. The average molecular weight is 205 g/mol. The van der Waals surface area contributed by atoms with Crippen molar-refractivity contribution in [3.63, 3.8) is 0 Å². The summed E-state index contributed by atoms with van der Waals surface area (Å²) in [7, 11) is 0. The van der Waals surface area contributed by atoms with Crippen LogP contribution in [0.3, 0.4) is 0 Å². The van der Waals surface area contributed by atoms with E-state index in [0.29, 0.717) is 0 Å². The number of rotatable bonds is 2. The van der Waals surface area contributed by atoms with E-state index < -0.39 is 12.2 Å². The Balaban J connectivity index is 3.34. The molecule has 1 nitrogen and oxygen atoms in total. The average Bonchev–Trinajstić information content (AvgIpc) is 2.02. The van der Waals surface area contributed by atoms with Gasteiger partial charge in [-0.25, -0.2) is 8.78 Å². The molecule has 0 N–H and O–H groups in total. The maximum absolute atomic E-state index is 12.4. The number of hydrogen-bond acceptors (Lipinski definition) is 1. The monoisotopic (exact) mass is 204 g/mol. The van der Waals surface area contributed by atoms with Gasteiger partial charge in [0.15, 0.2) is 5.78 Å². The van der Waals surface area contributed by atoms with Gasteiger partial charge in [-0.1, -0.05) is 23.7 Å². The van der Waals surface area contributed by atoms with Crippen LogP contribution in [-0.4, -0.2) is 5.78 Å². The van der Waals surface area contributed by atoms with Crippen molar-refractivity contribution < 1.29 is 13.6 Å². The Kier molecular flexibility index (Phi) is 2.98. The van der Waals surface area contributed by atoms with Gasteiger partial charge in [-0.3, -0.25) is 4.79 Å². The van der Waals surface area contributed by atoms with Crippen LogP contribution < -0.4 is 0 Å². The highest BCUT2D eigenvalue weighted by Crippen LogP contribution is 2.28. The number of benzene rings is 1. The molecule has 0 amide bonds. The molecule has 4 heteroatoms. The maximum atomic E-state index is 12.4. The van der Waals surface area contributed by atoms with Crippen LogP contribution in [0, 0.1) is 0 Å². The van der Waals surface area contributed by atoms with Crippen LogP contribution >= 0.6 is 11.6 Å². The van der Waals surface area contributed by atoms with Crippen LogP contribution in [0.15, 0.2) is 18.2 Å². The molecule has 0 aliphatic rings. The molecule has 1 aromatic carbocycles. The van der Waals surface area contributed by atoms with Crippen LogP contribution in [-0.2, 0) is 0 Å². The molecule has 0 saturated heterocycles. The smallest absolute Gasteiger partial charge is 0.264 e. The van der Waals surface area contributed by atoms with E-state index in [1.165, 1.54) is 25.1 Å². The normalized spacial score (nSPS) is 10.5. The first-order valence-electron chi connectivity index (χ1n) is 3.61. The molecule has 0 radical (unpaired) electrons. The SMILES string of the molecule is CC(=O)c1c(Cl)cccc1C(F)F. The van der Waals surface area contributed by atoms with Gasteiger partial charge < -0.3 is 0 Å². The first-order chi connectivity index (χ1) is 6.04. The zero-order valence-electron chi connectivity index (χ0n) is 6.85. The van der Waals surface area contributed by atoms with Crippen molar-refractivity contribution in [2.24, 2.45) is 0 Å². The quantitative estimate of drug-likeness (QED) is 0.674. The van der Waals surface area contributed by atoms with Crippen LogP contribution in [0.2, 0.25) is 5.02 Å². The second kappa shape index (κ2) is 3.83. The molecule has 0 heterocycles. The number of hydrogen-bond donors (Lipinski definition) is 0. The molecular formula is C9H7ClF2O. The van der Waals surface area contributed by atoms with E-state index >= 15 is 0 Å². The predicted octanol–water partition coefficient (Wildman–Crippen LogP) is 3.48. The molecule has 0 aliphatic carbocycles. The summed E-state index contributed by atoms with van der Waals surface area (Å²) in [5.41, 5.74) is -0.390. The van der Waals surface area contributed by atoms with Gasteiger partial charge in [0.2, 0.25) is 0 Å². The second-order valence-corrected chi connectivity index (χ2v) is 2.97. The highest BCUT2D eigenvalue weighted by molar-refractivity contribution is 6.34. The Bertz CT molecular complexity index is 336. The summed E-state index contributed by atoms with van der Waals surface area (Å²) in [5, 5.41) is 0.0744. The maximum Gasteiger partial charge on any atom is 0.264 e. The predicted molar refractivity (Wildman–Crippen MR) is 46.4 cm³/mol. The summed E-state index contributed by atoms with van der Waals surface area (Å²) in [5.74, 6) is -0.444. The summed E-state index contributed by atoms with van der Waals surface area (Å²) in [4.78, 5) is 11.0. The molecule has 0 bridgehead atoms. The van der Waals surface area contributed by atoms with E-state index in [4.69, 9.17) is 11.6 Å². The Hall–Kier alpha value is -0.960. The summed E-state index contributed by atoms with van der Waals surface area (Å²) in [6.07, 6.45) is -2.67. The molecular weight excluding hydrogens is 198 g/mol. The van der Waals surface area contributed by atoms with Gasteiger partial charge in [0.05, 0.1) is 5.02 Å². The van der Waals surface area contributed by atoms with E-state index in [1.807, 2.05) is 0 Å². The van der Waals surface area contributed by atoms with E-state index in [1.54, 1.807) is 0 Å². The number of ketones is 1. The fourth-order valence-corrected chi connectivity index (χ4v) is 1.41. The number of halogens is 3. The Morgan fingerprint density at radius 2 is 2.08 bits per heavy atom. The minimum atomic E-state index is -2.67. The fourth-order valence-electron chi connectivity index (χ4n) is 1.09. The number of carbonyl (C=O) groups is 1. The van der Waals surface area contributed by atoms with Gasteiger partial charge >= 0.3 is 0 Å². The van der Waals surface area contributed by atoms with E-state index in [9.17, 15) is 13.6 Å². The van der Waals surface area contributed by atoms with Crippen LogP contribution in [0.1, 0.15) is 29.3 Å². The summed E-state index contributed by atoms with van der Waals surface area (Å²) in [6.45, 7) is 1.22. The summed E-state index contributed by atoms with van der Waals surface area (Å²) >= 11 is 5.61. The molecule has 0 saturated carbocycles. The van der Waals surface area contributed by atoms with Crippen LogP contribution in [0.5, 0.6) is 0 Å². The zero-order valence-corrected chi connectivity index (χ0v) is 7.61. The van der Waals surface area contributed by atoms with Crippen molar-refractivity contribution in [2.75, 3.05) is 0 Å². The third kappa shape index (κ3) is 2.04. The minimum absolute atomic E-state index is 0.0744. The molecule has 1 aromatic rings. The Labute approximate surface area is 79.3 Å². The van der Waals surface area contributed by atoms with E-state index in [0.717, 1.165) is 0 Å². The van der Waals surface area contributed by atoms with Crippen molar-refractivity contribution in [3.05, 3.63) is 34.3 Å². The Morgan fingerprint density at radius 3 is 2.46 bits per heavy atom. The second-order valence-electron chi connectivity index (χ2n) is 2.56. The third-order valence-corrected chi connectivity index (χ3v) is 1.95. The lowest BCUT2D eigenvalue weighted by molar-refractivity contribution is 0.0999. The van der Waals surface area contributed by atoms with Crippen molar-refractivity contribution in [1.29, 1.82) is 0 Å². The number of alkyl halides is 2. The van der Waals surface area contributed by atoms with Gasteiger partial charge in [-0.2, -0.15) is 0 Å². The molecule has 0 fully saturated rings. The highest BCUT2D eigenvalue weighted by Gasteiger charge is 2.17.